The predicted molar refractivity (Wildman–Crippen MR) is 138 cm³/mol. The minimum Gasteiger partial charge on any atom is -0.497 e. The Labute approximate surface area is 195 Å². The zero-order chi connectivity index (χ0) is 23.9. The summed E-state index contributed by atoms with van der Waals surface area (Å²) in [5, 5.41) is 7.65. The Kier molecular flexibility index (Phi) is 22.9. The maximum atomic E-state index is 8.00. The molecule has 0 spiro atoms. The number of aliphatic hydroxyl groups excluding tert-OH is 1. The molecule has 2 rings (SSSR count). The second kappa shape index (κ2) is 22.7. The summed E-state index contributed by atoms with van der Waals surface area (Å²) in [6.07, 6.45) is 5.10. The van der Waals surface area contributed by atoms with Gasteiger partial charge in [0, 0.05) is 36.0 Å². The van der Waals surface area contributed by atoms with Crippen molar-refractivity contribution in [3.05, 3.63) is 54.6 Å². The van der Waals surface area contributed by atoms with E-state index in [2.05, 4.69) is 56.9 Å². The minimum absolute atomic E-state index is 0.648. The van der Waals surface area contributed by atoms with E-state index in [0.29, 0.717) is 5.25 Å². The van der Waals surface area contributed by atoms with Crippen LogP contribution >= 0.6 is 11.8 Å². The summed E-state index contributed by atoms with van der Waals surface area (Å²) in [5.41, 5.74) is 1.40. The van der Waals surface area contributed by atoms with Crippen LogP contribution in [0, 0.1) is 0 Å². The first-order valence-electron chi connectivity index (χ1n) is 10.9. The van der Waals surface area contributed by atoms with Gasteiger partial charge in [0.05, 0.1) is 7.11 Å². The fourth-order valence-corrected chi connectivity index (χ4v) is 3.54. The highest BCUT2D eigenvalue weighted by Crippen LogP contribution is 2.27. The summed E-state index contributed by atoms with van der Waals surface area (Å²) in [6, 6.07) is 18.7. The number of carbonyl (C=O) groups is 1. The average molecular weight is 450 g/mol. The SMILES string of the molecule is C=O.CCCCN(CCCC)c1cccc(SC(C)C)c1.CO.COc1ccccc1. The molecular formula is C26H43NO3S. The summed E-state index contributed by atoms with van der Waals surface area (Å²) in [4.78, 5) is 11.9. The maximum absolute atomic E-state index is 8.00. The molecule has 0 bridgehead atoms. The molecule has 0 aliphatic heterocycles. The van der Waals surface area contributed by atoms with Crippen LogP contribution in [0.5, 0.6) is 5.75 Å². The number of ether oxygens (including phenoxy) is 1. The number of aliphatic hydroxyl groups is 1. The summed E-state index contributed by atoms with van der Waals surface area (Å²) < 4.78 is 4.91. The highest BCUT2D eigenvalue weighted by atomic mass is 32.2. The Morgan fingerprint density at radius 3 is 1.90 bits per heavy atom. The van der Waals surface area contributed by atoms with Gasteiger partial charge < -0.3 is 19.5 Å². The lowest BCUT2D eigenvalue weighted by atomic mass is 10.2. The number of unbranched alkanes of at least 4 members (excludes halogenated alkanes) is 2. The van der Waals surface area contributed by atoms with E-state index in [9.17, 15) is 0 Å². The molecule has 0 radical (unpaired) electrons. The number of nitrogens with zero attached hydrogens (tertiary/aromatic N) is 1. The van der Waals surface area contributed by atoms with Gasteiger partial charge in [-0.25, -0.2) is 0 Å². The summed E-state index contributed by atoms with van der Waals surface area (Å²) >= 11 is 1.95. The third kappa shape index (κ3) is 16.4. The van der Waals surface area contributed by atoms with E-state index in [4.69, 9.17) is 14.6 Å². The van der Waals surface area contributed by atoms with Crippen LogP contribution in [0.25, 0.3) is 0 Å². The van der Waals surface area contributed by atoms with E-state index in [-0.39, 0.29) is 0 Å². The van der Waals surface area contributed by atoms with Crippen LogP contribution in [0.15, 0.2) is 59.5 Å². The molecule has 1 N–H and O–H groups in total. The normalized spacial score (nSPS) is 9.29. The van der Waals surface area contributed by atoms with Crippen LogP contribution in [-0.4, -0.2) is 44.5 Å². The second-order valence-electron chi connectivity index (χ2n) is 6.88. The number of methoxy groups -OCH3 is 1. The fraction of sp³-hybridized carbons (Fsp3) is 0.500. The van der Waals surface area contributed by atoms with Crippen molar-refractivity contribution in [3.63, 3.8) is 0 Å². The molecule has 176 valence electrons. The Morgan fingerprint density at radius 2 is 1.48 bits per heavy atom. The van der Waals surface area contributed by atoms with Gasteiger partial charge in [0.25, 0.3) is 0 Å². The van der Waals surface area contributed by atoms with Crippen molar-refractivity contribution in [3.8, 4) is 5.75 Å². The van der Waals surface area contributed by atoms with E-state index in [1.165, 1.54) is 49.4 Å². The van der Waals surface area contributed by atoms with E-state index >= 15 is 0 Å². The van der Waals surface area contributed by atoms with Crippen LogP contribution in [0.1, 0.15) is 53.4 Å². The first-order chi connectivity index (χ1) is 15.1. The van der Waals surface area contributed by atoms with Crippen molar-refractivity contribution in [1.29, 1.82) is 0 Å². The van der Waals surface area contributed by atoms with Crippen LogP contribution in [0.4, 0.5) is 5.69 Å². The molecule has 0 fully saturated rings. The van der Waals surface area contributed by atoms with E-state index < -0.39 is 0 Å². The third-order valence-electron chi connectivity index (χ3n) is 4.10. The quantitative estimate of drug-likeness (QED) is 0.408. The highest BCUT2D eigenvalue weighted by molar-refractivity contribution is 7.99. The number of rotatable bonds is 10. The maximum Gasteiger partial charge on any atom is 0.118 e. The van der Waals surface area contributed by atoms with Crippen molar-refractivity contribution in [2.45, 2.75) is 63.5 Å². The molecule has 0 aliphatic carbocycles. The first kappa shape index (κ1) is 31.2. The average Bonchev–Trinajstić information content (AvgIpc) is 2.82. The lowest BCUT2D eigenvalue weighted by molar-refractivity contribution is -0.0979. The van der Waals surface area contributed by atoms with Gasteiger partial charge in [-0.3, -0.25) is 0 Å². The standard InChI is InChI=1S/C17H29NS.C7H8O.CH4O.CH2O/c1-5-7-12-18(13-8-6-2)16-10-9-11-17(14-16)19-15(3)4;1-8-7-5-3-2-4-6-7;2*1-2/h9-11,14-15H,5-8,12-13H2,1-4H3;2-6H,1H3;2H,1H3;1H2. The Morgan fingerprint density at radius 1 is 0.935 bits per heavy atom. The fourth-order valence-electron chi connectivity index (χ4n) is 2.65. The predicted octanol–water partition coefficient (Wildman–Crippen LogP) is 6.71. The first-order valence-corrected chi connectivity index (χ1v) is 11.8. The molecule has 0 aromatic heterocycles. The van der Waals surface area contributed by atoms with Crippen LogP contribution < -0.4 is 9.64 Å². The van der Waals surface area contributed by atoms with Gasteiger partial charge in [0.15, 0.2) is 0 Å². The Balaban J connectivity index is 0. The van der Waals surface area contributed by atoms with E-state index in [1.807, 2.05) is 48.9 Å². The van der Waals surface area contributed by atoms with Crippen molar-refractivity contribution in [2.24, 2.45) is 0 Å². The molecule has 0 aliphatic rings. The number of hydrogen-bond acceptors (Lipinski definition) is 5. The van der Waals surface area contributed by atoms with Gasteiger partial charge >= 0.3 is 0 Å². The molecule has 2 aromatic carbocycles. The summed E-state index contributed by atoms with van der Waals surface area (Å²) in [5.74, 6) is 0.910. The highest BCUT2D eigenvalue weighted by Gasteiger charge is 2.07. The second-order valence-corrected chi connectivity index (χ2v) is 8.53. The molecule has 0 saturated carbocycles. The molecule has 0 atom stereocenters. The van der Waals surface area contributed by atoms with Crippen LogP contribution in [-0.2, 0) is 4.79 Å². The smallest absolute Gasteiger partial charge is 0.118 e. The molecule has 0 amide bonds. The van der Waals surface area contributed by atoms with Gasteiger partial charge in [-0.1, -0.05) is 64.8 Å². The lowest BCUT2D eigenvalue weighted by Crippen LogP contribution is -2.25. The van der Waals surface area contributed by atoms with Crippen molar-refractivity contribution >= 4 is 24.2 Å². The molecule has 2 aromatic rings. The molecule has 0 saturated heterocycles. The van der Waals surface area contributed by atoms with Crippen LogP contribution in [0.3, 0.4) is 0 Å². The van der Waals surface area contributed by atoms with Crippen molar-refractivity contribution in [1.82, 2.24) is 0 Å². The van der Waals surface area contributed by atoms with Gasteiger partial charge in [0.2, 0.25) is 0 Å². The van der Waals surface area contributed by atoms with Gasteiger partial charge in [0.1, 0.15) is 12.5 Å². The zero-order valence-electron chi connectivity index (χ0n) is 20.3. The number of anilines is 1. The van der Waals surface area contributed by atoms with Crippen molar-refractivity contribution < 1.29 is 14.6 Å². The van der Waals surface area contributed by atoms with Crippen molar-refractivity contribution in [2.75, 3.05) is 32.2 Å². The monoisotopic (exact) mass is 449 g/mol. The number of hydrogen-bond donors (Lipinski definition) is 1. The largest absolute Gasteiger partial charge is 0.497 e. The molecule has 0 heterocycles. The summed E-state index contributed by atoms with van der Waals surface area (Å²) in [6.45, 7) is 13.4. The molecule has 0 unspecified atom stereocenters. The molecule has 31 heavy (non-hydrogen) atoms. The Bertz CT molecular complexity index is 615. The minimum atomic E-state index is 0.648. The third-order valence-corrected chi connectivity index (χ3v) is 5.09. The molecule has 4 nitrogen and oxygen atoms in total. The van der Waals surface area contributed by atoms with Gasteiger partial charge in [-0.05, 0) is 43.2 Å². The van der Waals surface area contributed by atoms with Gasteiger partial charge in [-0.15, -0.1) is 11.8 Å². The topological polar surface area (TPSA) is 49.8 Å². The Hall–Kier alpha value is -1.98. The number of carbonyl (C=O) groups excluding carboxylic acids is 1. The number of benzene rings is 2. The zero-order valence-corrected chi connectivity index (χ0v) is 21.2. The molecular weight excluding hydrogens is 406 g/mol. The molecule has 5 heteroatoms. The number of thioether (sulfide) groups is 1. The van der Waals surface area contributed by atoms with E-state index in [0.717, 1.165) is 12.9 Å². The van der Waals surface area contributed by atoms with E-state index in [1.54, 1.807) is 7.11 Å². The van der Waals surface area contributed by atoms with Gasteiger partial charge in [-0.2, -0.15) is 0 Å². The number of para-hydroxylation sites is 1. The lowest BCUT2D eigenvalue weighted by Gasteiger charge is -2.25. The van der Waals surface area contributed by atoms with Crippen LogP contribution in [0.2, 0.25) is 0 Å². The summed E-state index contributed by atoms with van der Waals surface area (Å²) in [7, 11) is 2.66.